The van der Waals surface area contributed by atoms with Crippen molar-refractivity contribution in [1.29, 1.82) is 0 Å². The Balaban J connectivity index is 2.03. The van der Waals surface area contributed by atoms with E-state index in [0.29, 0.717) is 12.5 Å². The van der Waals surface area contributed by atoms with Crippen LogP contribution in [0.15, 0.2) is 54.6 Å². The molecule has 0 saturated heterocycles. The summed E-state index contributed by atoms with van der Waals surface area (Å²) < 4.78 is 5.50. The van der Waals surface area contributed by atoms with Gasteiger partial charge in [0.25, 0.3) is 0 Å². The molecule has 0 radical (unpaired) electrons. The second-order valence-corrected chi connectivity index (χ2v) is 11.2. The van der Waals surface area contributed by atoms with E-state index < -0.39 is 11.7 Å². The smallest absolute Gasteiger partial charge is 0.407 e. The highest BCUT2D eigenvalue weighted by Gasteiger charge is 2.23. The van der Waals surface area contributed by atoms with Gasteiger partial charge in [-0.1, -0.05) is 74.0 Å². The van der Waals surface area contributed by atoms with E-state index in [-0.39, 0.29) is 18.9 Å². The van der Waals surface area contributed by atoms with Crippen LogP contribution in [0.25, 0.3) is 11.1 Å². The van der Waals surface area contributed by atoms with Crippen LogP contribution < -0.4 is 10.6 Å². The molecule has 1 aromatic heterocycles. The Hall–Kier alpha value is -3.67. The molecule has 0 aliphatic rings. The van der Waals surface area contributed by atoms with Gasteiger partial charge in [0.15, 0.2) is 0 Å². The number of aryl methyl sites for hydroxylation is 2. The fraction of sp³-hybridized carbons (Fsp3) is 0.406. The Bertz CT molecular complexity index is 1240. The van der Waals surface area contributed by atoms with Crippen LogP contribution >= 0.6 is 0 Å². The Morgan fingerprint density at radius 3 is 2.16 bits per heavy atom. The number of alkyl carbamates (subject to hydrolysis) is 1. The zero-order valence-electron chi connectivity index (χ0n) is 23.8. The number of rotatable bonds is 9. The average molecular weight is 516 g/mol. The Kier molecular flexibility index (Phi) is 9.67. The van der Waals surface area contributed by atoms with E-state index in [1.807, 2.05) is 58.0 Å². The van der Waals surface area contributed by atoms with Crippen molar-refractivity contribution in [2.24, 2.45) is 5.92 Å². The largest absolute Gasteiger partial charge is 0.444 e. The Morgan fingerprint density at radius 2 is 1.55 bits per heavy atom. The molecule has 202 valence electrons. The lowest BCUT2D eigenvalue weighted by Gasteiger charge is -2.23. The third kappa shape index (κ3) is 8.44. The van der Waals surface area contributed by atoms with Gasteiger partial charge in [0.1, 0.15) is 5.60 Å². The number of aromatic nitrogens is 1. The van der Waals surface area contributed by atoms with E-state index in [2.05, 4.69) is 55.7 Å². The Labute approximate surface area is 227 Å². The molecule has 0 spiro atoms. The molecule has 2 N–H and O–H groups in total. The lowest BCUT2D eigenvalue weighted by Crippen LogP contribution is -2.33. The second kappa shape index (κ2) is 12.7. The van der Waals surface area contributed by atoms with E-state index in [9.17, 15) is 9.59 Å². The average Bonchev–Trinajstić information content (AvgIpc) is 2.83. The third-order valence-corrected chi connectivity index (χ3v) is 6.11. The van der Waals surface area contributed by atoms with Crippen LogP contribution in [-0.2, 0) is 35.5 Å². The highest BCUT2D eigenvalue weighted by atomic mass is 16.6. The minimum Gasteiger partial charge on any atom is -0.444 e. The number of hydrogen-bond donors (Lipinski definition) is 2. The number of nitrogens with zero attached hydrogens (tertiary/aromatic N) is 1. The van der Waals surface area contributed by atoms with Crippen LogP contribution in [0, 0.1) is 19.8 Å². The molecule has 3 aromatic rings. The minimum absolute atomic E-state index is 0.0743. The number of carbonyl (C=O) groups is 2. The van der Waals surface area contributed by atoms with Crippen molar-refractivity contribution in [2.45, 2.75) is 80.0 Å². The molecule has 0 aliphatic carbocycles. The van der Waals surface area contributed by atoms with Gasteiger partial charge in [-0.25, -0.2) is 4.79 Å². The number of benzene rings is 2. The number of nitrogens with one attached hydrogen (secondary N) is 2. The molecule has 2 aromatic carbocycles. The van der Waals surface area contributed by atoms with Gasteiger partial charge in [0.2, 0.25) is 5.91 Å². The molecule has 2 amide bonds. The van der Waals surface area contributed by atoms with Gasteiger partial charge in [0.05, 0.1) is 6.42 Å². The topological polar surface area (TPSA) is 80.3 Å². The molecule has 0 aliphatic heterocycles. The van der Waals surface area contributed by atoms with Crippen LogP contribution in [0.1, 0.15) is 68.3 Å². The normalized spacial score (nSPS) is 11.4. The molecular weight excluding hydrogens is 474 g/mol. The summed E-state index contributed by atoms with van der Waals surface area (Å²) in [5.41, 5.74) is 7.10. The van der Waals surface area contributed by atoms with Gasteiger partial charge in [0, 0.05) is 30.0 Å². The molecule has 0 bridgehead atoms. The fourth-order valence-corrected chi connectivity index (χ4v) is 4.37. The van der Waals surface area contributed by atoms with Crippen molar-refractivity contribution in [1.82, 2.24) is 15.6 Å². The van der Waals surface area contributed by atoms with Crippen molar-refractivity contribution in [3.05, 3.63) is 88.2 Å². The number of ether oxygens (including phenoxy) is 1. The van der Waals surface area contributed by atoms with E-state index in [1.165, 1.54) is 0 Å². The lowest BCUT2D eigenvalue weighted by molar-refractivity contribution is -0.120. The Morgan fingerprint density at radius 1 is 0.895 bits per heavy atom. The number of carbonyl (C=O) groups excluding carboxylic acids is 2. The summed E-state index contributed by atoms with van der Waals surface area (Å²) in [4.78, 5) is 30.7. The van der Waals surface area contributed by atoms with E-state index in [4.69, 9.17) is 9.72 Å². The first-order valence-electron chi connectivity index (χ1n) is 13.3. The predicted molar refractivity (Wildman–Crippen MR) is 153 cm³/mol. The first-order valence-corrected chi connectivity index (χ1v) is 13.3. The molecule has 0 saturated carbocycles. The molecule has 6 nitrogen and oxygen atoms in total. The summed E-state index contributed by atoms with van der Waals surface area (Å²) in [7, 11) is 0. The molecule has 0 atom stereocenters. The monoisotopic (exact) mass is 515 g/mol. The highest BCUT2D eigenvalue weighted by molar-refractivity contribution is 5.84. The van der Waals surface area contributed by atoms with Crippen LogP contribution in [0.4, 0.5) is 4.79 Å². The number of pyridine rings is 1. The molecule has 6 heteroatoms. The summed E-state index contributed by atoms with van der Waals surface area (Å²) in [5, 5.41) is 5.98. The molecule has 38 heavy (non-hydrogen) atoms. The maximum absolute atomic E-state index is 13.1. The van der Waals surface area contributed by atoms with Crippen LogP contribution in [0.5, 0.6) is 0 Å². The summed E-state index contributed by atoms with van der Waals surface area (Å²) >= 11 is 0. The quantitative estimate of drug-likeness (QED) is 0.343. The second-order valence-electron chi connectivity index (χ2n) is 11.2. The molecule has 0 fully saturated rings. The summed E-state index contributed by atoms with van der Waals surface area (Å²) in [5.74, 6) is 0.294. The van der Waals surface area contributed by atoms with Gasteiger partial charge < -0.3 is 15.4 Å². The standard InChI is InChI=1S/C32H41N3O3/c1-21(2)17-28-27(20-34-31(37)38-32(5,6)7)30(25-15-13-22(3)14-16-25)26(23(4)35-28)18-29(36)33-19-24-11-9-8-10-12-24/h8-16,21H,17-20H2,1-7H3,(H,33,36)(H,34,37). The van der Waals surface area contributed by atoms with Gasteiger partial charge in [-0.05, 0) is 69.2 Å². The van der Waals surface area contributed by atoms with Crippen molar-refractivity contribution >= 4 is 12.0 Å². The van der Waals surface area contributed by atoms with Crippen LogP contribution in [0.3, 0.4) is 0 Å². The van der Waals surface area contributed by atoms with Crippen molar-refractivity contribution in [3.8, 4) is 11.1 Å². The lowest BCUT2D eigenvalue weighted by atomic mass is 9.88. The van der Waals surface area contributed by atoms with E-state index >= 15 is 0 Å². The van der Waals surface area contributed by atoms with Crippen LogP contribution in [0.2, 0.25) is 0 Å². The number of hydrogen-bond acceptors (Lipinski definition) is 4. The van der Waals surface area contributed by atoms with Crippen molar-refractivity contribution in [2.75, 3.05) is 0 Å². The van der Waals surface area contributed by atoms with Gasteiger partial charge in [-0.2, -0.15) is 0 Å². The van der Waals surface area contributed by atoms with Gasteiger partial charge in [-0.15, -0.1) is 0 Å². The molecule has 1 heterocycles. The highest BCUT2D eigenvalue weighted by Crippen LogP contribution is 2.33. The first kappa shape index (κ1) is 28.9. The summed E-state index contributed by atoms with van der Waals surface area (Å²) in [6.07, 6.45) is 0.465. The maximum Gasteiger partial charge on any atom is 0.407 e. The number of amides is 2. The third-order valence-electron chi connectivity index (χ3n) is 6.11. The maximum atomic E-state index is 13.1. The summed E-state index contributed by atoms with van der Waals surface area (Å²) in [6.45, 7) is 14.6. The zero-order chi connectivity index (χ0) is 27.9. The van der Waals surface area contributed by atoms with Crippen LogP contribution in [-0.4, -0.2) is 22.6 Å². The van der Waals surface area contributed by atoms with E-state index in [0.717, 1.165) is 51.2 Å². The first-order chi connectivity index (χ1) is 17.9. The van der Waals surface area contributed by atoms with Crippen molar-refractivity contribution in [3.63, 3.8) is 0 Å². The predicted octanol–water partition coefficient (Wildman–Crippen LogP) is 6.45. The summed E-state index contributed by atoms with van der Waals surface area (Å²) in [6, 6.07) is 18.1. The van der Waals surface area contributed by atoms with Gasteiger partial charge >= 0.3 is 6.09 Å². The zero-order valence-corrected chi connectivity index (χ0v) is 23.8. The minimum atomic E-state index is -0.599. The molecule has 0 unspecified atom stereocenters. The van der Waals surface area contributed by atoms with Gasteiger partial charge in [-0.3, -0.25) is 9.78 Å². The molecule has 3 rings (SSSR count). The molecular formula is C32H41N3O3. The fourth-order valence-electron chi connectivity index (χ4n) is 4.37. The SMILES string of the molecule is Cc1ccc(-c2c(CC(=O)NCc3ccccc3)c(C)nc(CC(C)C)c2CNC(=O)OC(C)(C)C)cc1. The van der Waals surface area contributed by atoms with Crippen molar-refractivity contribution < 1.29 is 14.3 Å². The van der Waals surface area contributed by atoms with E-state index in [1.54, 1.807) is 0 Å².